The Morgan fingerprint density at radius 1 is 1.08 bits per heavy atom. The minimum atomic E-state index is -3.83. The number of fused-ring (bicyclic) bond motifs is 1. The third kappa shape index (κ3) is 2.87. The molecule has 1 fully saturated rings. The van der Waals surface area contributed by atoms with E-state index in [0.29, 0.717) is 11.5 Å². The van der Waals surface area contributed by atoms with E-state index in [0.717, 1.165) is 38.3 Å². The number of nitrogens with zero attached hydrogens (tertiary/aromatic N) is 2. The highest BCUT2D eigenvalue weighted by atomic mass is 32.2. The summed E-state index contributed by atoms with van der Waals surface area (Å²) < 4.78 is 44.7. The summed E-state index contributed by atoms with van der Waals surface area (Å²) in [5, 5.41) is 3.24. The number of piperazine rings is 1. The van der Waals surface area contributed by atoms with Gasteiger partial charge in [0, 0.05) is 26.2 Å². The first-order valence-electron chi connectivity index (χ1n) is 7.91. The highest BCUT2D eigenvalue weighted by Gasteiger charge is 2.25. The van der Waals surface area contributed by atoms with Crippen LogP contribution >= 0.6 is 0 Å². The Morgan fingerprint density at radius 2 is 1.80 bits per heavy atom. The first kappa shape index (κ1) is 16.0. The molecule has 25 heavy (non-hydrogen) atoms. The molecule has 6 nitrogen and oxygen atoms in total. The molecule has 4 rings (SSSR count). The van der Waals surface area contributed by atoms with Crippen LogP contribution in [0.25, 0.3) is 11.1 Å². The van der Waals surface area contributed by atoms with Gasteiger partial charge in [-0.1, -0.05) is 6.07 Å². The van der Waals surface area contributed by atoms with E-state index in [-0.39, 0.29) is 15.4 Å². The predicted molar refractivity (Wildman–Crippen MR) is 90.9 cm³/mol. The highest BCUT2D eigenvalue weighted by Crippen LogP contribution is 2.31. The SMILES string of the molecule is O=S(=O)(c1ccc(F)cc1)c1cccc2nc(N3CCNCC3)oc12. The van der Waals surface area contributed by atoms with Gasteiger partial charge in [-0.05, 0) is 36.4 Å². The van der Waals surface area contributed by atoms with Gasteiger partial charge in [-0.25, -0.2) is 12.8 Å². The van der Waals surface area contributed by atoms with Crippen LogP contribution in [-0.2, 0) is 9.84 Å². The van der Waals surface area contributed by atoms with Gasteiger partial charge in [-0.15, -0.1) is 0 Å². The second-order valence-electron chi connectivity index (χ2n) is 5.80. The van der Waals surface area contributed by atoms with Crippen molar-refractivity contribution in [2.45, 2.75) is 9.79 Å². The van der Waals surface area contributed by atoms with Crippen molar-refractivity contribution >= 4 is 27.0 Å². The fourth-order valence-corrected chi connectivity index (χ4v) is 4.25. The van der Waals surface area contributed by atoms with Crippen molar-refractivity contribution in [2.24, 2.45) is 0 Å². The monoisotopic (exact) mass is 361 g/mol. The first-order chi connectivity index (χ1) is 12.1. The lowest BCUT2D eigenvalue weighted by Crippen LogP contribution is -2.43. The van der Waals surface area contributed by atoms with Gasteiger partial charge in [-0.2, -0.15) is 4.98 Å². The van der Waals surface area contributed by atoms with Gasteiger partial charge >= 0.3 is 0 Å². The van der Waals surface area contributed by atoms with Gasteiger partial charge in [0.1, 0.15) is 16.2 Å². The summed E-state index contributed by atoms with van der Waals surface area (Å²) in [6, 6.07) is 9.98. The fourth-order valence-electron chi connectivity index (χ4n) is 2.86. The molecule has 1 N–H and O–H groups in total. The van der Waals surface area contributed by atoms with Gasteiger partial charge < -0.3 is 14.6 Å². The number of hydrogen-bond acceptors (Lipinski definition) is 6. The summed E-state index contributed by atoms with van der Waals surface area (Å²) in [5.41, 5.74) is 0.706. The Labute approximate surface area is 144 Å². The van der Waals surface area contributed by atoms with Crippen LogP contribution in [0.1, 0.15) is 0 Å². The van der Waals surface area contributed by atoms with Gasteiger partial charge in [0.25, 0.3) is 6.01 Å². The van der Waals surface area contributed by atoms with Gasteiger partial charge in [-0.3, -0.25) is 0 Å². The smallest absolute Gasteiger partial charge is 0.298 e. The van der Waals surface area contributed by atoms with Crippen molar-refractivity contribution in [1.82, 2.24) is 10.3 Å². The average molecular weight is 361 g/mol. The van der Waals surface area contributed by atoms with Crippen LogP contribution in [0.15, 0.2) is 56.7 Å². The molecule has 0 amide bonds. The molecule has 1 aliphatic rings. The number of nitrogens with one attached hydrogen (secondary N) is 1. The first-order valence-corrected chi connectivity index (χ1v) is 9.40. The molecule has 0 bridgehead atoms. The number of sulfone groups is 1. The third-order valence-electron chi connectivity index (χ3n) is 4.17. The fraction of sp³-hybridized carbons (Fsp3) is 0.235. The molecule has 8 heteroatoms. The number of aromatic nitrogens is 1. The van der Waals surface area contributed by atoms with E-state index in [1.807, 2.05) is 4.90 Å². The molecule has 0 atom stereocenters. The lowest BCUT2D eigenvalue weighted by molar-refractivity contribution is 0.514. The number of hydrogen-bond donors (Lipinski definition) is 1. The zero-order valence-electron chi connectivity index (χ0n) is 13.3. The van der Waals surface area contributed by atoms with E-state index in [1.54, 1.807) is 12.1 Å². The van der Waals surface area contributed by atoms with Crippen molar-refractivity contribution < 1.29 is 17.2 Å². The highest BCUT2D eigenvalue weighted by molar-refractivity contribution is 7.91. The lowest BCUT2D eigenvalue weighted by atomic mass is 10.3. The molecule has 2 aromatic carbocycles. The van der Waals surface area contributed by atoms with Gasteiger partial charge in [0.2, 0.25) is 9.84 Å². The van der Waals surface area contributed by atoms with Crippen LogP contribution in [-0.4, -0.2) is 39.6 Å². The maximum Gasteiger partial charge on any atom is 0.298 e. The van der Waals surface area contributed by atoms with Crippen LogP contribution in [0, 0.1) is 5.82 Å². The molecule has 130 valence electrons. The van der Waals surface area contributed by atoms with Crippen molar-refractivity contribution in [1.29, 1.82) is 0 Å². The molecular weight excluding hydrogens is 345 g/mol. The molecule has 0 radical (unpaired) electrons. The van der Waals surface area contributed by atoms with E-state index in [4.69, 9.17) is 4.42 Å². The zero-order valence-corrected chi connectivity index (χ0v) is 14.1. The average Bonchev–Trinajstić information content (AvgIpc) is 3.07. The number of para-hydroxylation sites is 1. The van der Waals surface area contributed by atoms with Crippen LogP contribution in [0.5, 0.6) is 0 Å². The van der Waals surface area contributed by atoms with Crippen molar-refractivity contribution in [2.75, 3.05) is 31.1 Å². The van der Waals surface area contributed by atoms with Crippen molar-refractivity contribution in [3.05, 3.63) is 48.3 Å². The zero-order chi connectivity index (χ0) is 17.4. The second kappa shape index (κ2) is 6.12. The summed E-state index contributed by atoms with van der Waals surface area (Å²) in [4.78, 5) is 6.45. The molecule has 0 spiro atoms. The van der Waals surface area contributed by atoms with Crippen LogP contribution < -0.4 is 10.2 Å². The second-order valence-corrected chi connectivity index (χ2v) is 7.71. The minimum Gasteiger partial charge on any atom is -0.422 e. The summed E-state index contributed by atoms with van der Waals surface area (Å²) in [5.74, 6) is -0.488. The largest absolute Gasteiger partial charge is 0.422 e. The molecule has 1 saturated heterocycles. The van der Waals surface area contributed by atoms with E-state index in [2.05, 4.69) is 10.3 Å². The Morgan fingerprint density at radius 3 is 2.52 bits per heavy atom. The normalized spacial score (nSPS) is 15.6. The molecule has 1 aliphatic heterocycles. The predicted octanol–water partition coefficient (Wildman–Crippen LogP) is 2.21. The topological polar surface area (TPSA) is 75.4 Å². The number of oxazole rings is 1. The van der Waals surface area contributed by atoms with Crippen molar-refractivity contribution in [3.8, 4) is 0 Å². The molecular formula is C17H16FN3O3S. The van der Waals surface area contributed by atoms with E-state index >= 15 is 0 Å². The summed E-state index contributed by atoms with van der Waals surface area (Å²) in [7, 11) is -3.83. The number of halogens is 1. The number of anilines is 1. The minimum absolute atomic E-state index is 0.0153. The Balaban J connectivity index is 1.81. The van der Waals surface area contributed by atoms with Crippen LogP contribution in [0.4, 0.5) is 10.4 Å². The Kier molecular flexibility index (Phi) is 3.93. The quantitative estimate of drug-likeness (QED) is 0.721. The summed E-state index contributed by atoms with van der Waals surface area (Å²) in [6.07, 6.45) is 0. The maximum atomic E-state index is 13.1. The van der Waals surface area contributed by atoms with E-state index < -0.39 is 15.7 Å². The summed E-state index contributed by atoms with van der Waals surface area (Å²) in [6.45, 7) is 3.12. The van der Waals surface area contributed by atoms with Crippen LogP contribution in [0.3, 0.4) is 0 Å². The maximum absolute atomic E-state index is 13.1. The van der Waals surface area contributed by atoms with Crippen LogP contribution in [0.2, 0.25) is 0 Å². The Hall–Kier alpha value is -2.45. The number of rotatable bonds is 3. The number of benzene rings is 2. The molecule has 0 aliphatic carbocycles. The van der Waals surface area contributed by atoms with Gasteiger partial charge in [0.15, 0.2) is 5.58 Å². The molecule has 2 heterocycles. The molecule has 3 aromatic rings. The third-order valence-corrected chi connectivity index (χ3v) is 5.96. The van der Waals surface area contributed by atoms with Gasteiger partial charge in [0.05, 0.1) is 4.90 Å². The van der Waals surface area contributed by atoms with E-state index in [9.17, 15) is 12.8 Å². The molecule has 0 saturated carbocycles. The van der Waals surface area contributed by atoms with Crippen molar-refractivity contribution in [3.63, 3.8) is 0 Å². The van der Waals surface area contributed by atoms with E-state index in [1.165, 1.54) is 18.2 Å². The lowest BCUT2D eigenvalue weighted by Gasteiger charge is -2.25. The molecule has 0 unspecified atom stereocenters. The molecule has 1 aromatic heterocycles. The standard InChI is InChI=1S/C17H16FN3O3S/c18-12-4-6-13(7-5-12)25(22,23)15-3-1-2-14-16(15)24-17(20-14)21-10-8-19-9-11-21/h1-7,19H,8-11H2. The Bertz CT molecular complexity index is 1010. The summed E-state index contributed by atoms with van der Waals surface area (Å²) >= 11 is 0.